The molecule has 2 bridgehead atoms. The standard InChI is InChI=1S/C20H18N2O9/c1-10(23)29-18(30-11(2)24)20-9-8-19(3,31-20)14-15(20)17(26)21(16(14)25)12-4-6-13(7-5-12)22(27)28/h4-9,14-15,18H,1-3H3/t14-,15-,19+,20-/m0/s1. The molecule has 4 atom stereocenters. The van der Waals surface area contributed by atoms with Gasteiger partial charge in [0, 0.05) is 26.0 Å². The van der Waals surface area contributed by atoms with Gasteiger partial charge in [0.25, 0.3) is 12.0 Å². The molecule has 0 saturated carbocycles. The van der Waals surface area contributed by atoms with Crippen molar-refractivity contribution in [3.05, 3.63) is 46.5 Å². The lowest BCUT2D eigenvalue weighted by Crippen LogP contribution is -2.52. The van der Waals surface area contributed by atoms with E-state index in [9.17, 15) is 29.3 Å². The van der Waals surface area contributed by atoms with Crippen LogP contribution in [-0.2, 0) is 33.4 Å². The van der Waals surface area contributed by atoms with Crippen LogP contribution in [0.15, 0.2) is 36.4 Å². The lowest BCUT2D eigenvalue weighted by Gasteiger charge is -2.34. The van der Waals surface area contributed by atoms with Gasteiger partial charge < -0.3 is 14.2 Å². The van der Waals surface area contributed by atoms with Gasteiger partial charge in [-0.3, -0.25) is 29.3 Å². The van der Waals surface area contributed by atoms with Gasteiger partial charge in [0.05, 0.1) is 28.0 Å². The van der Waals surface area contributed by atoms with Crippen LogP contribution in [0.2, 0.25) is 0 Å². The maximum Gasteiger partial charge on any atom is 0.305 e. The Hall–Kier alpha value is -3.60. The highest BCUT2D eigenvalue weighted by atomic mass is 16.7. The second-order valence-corrected chi connectivity index (χ2v) is 7.76. The highest BCUT2D eigenvalue weighted by Gasteiger charge is 2.75. The summed E-state index contributed by atoms with van der Waals surface area (Å²) in [5.41, 5.74) is -2.92. The molecule has 0 N–H and O–H groups in total. The molecule has 0 radical (unpaired) electrons. The quantitative estimate of drug-likeness (QED) is 0.168. The Morgan fingerprint density at radius 3 is 2.13 bits per heavy atom. The number of fused-ring (bicyclic) bond motifs is 5. The van der Waals surface area contributed by atoms with Crippen molar-refractivity contribution < 1.29 is 38.3 Å². The van der Waals surface area contributed by atoms with E-state index in [0.29, 0.717) is 0 Å². The molecule has 0 aliphatic carbocycles. The Kier molecular flexibility index (Phi) is 4.47. The van der Waals surface area contributed by atoms with Gasteiger partial charge >= 0.3 is 11.9 Å². The first-order chi connectivity index (χ1) is 14.5. The normalized spacial score (nSPS) is 30.6. The van der Waals surface area contributed by atoms with Crippen LogP contribution in [0.25, 0.3) is 0 Å². The molecule has 1 aromatic carbocycles. The number of nitro groups is 1. The van der Waals surface area contributed by atoms with E-state index in [0.717, 1.165) is 18.7 Å². The molecule has 2 amide bonds. The number of amides is 2. The molecule has 11 nitrogen and oxygen atoms in total. The number of carbonyl (C=O) groups excluding carboxylic acids is 4. The summed E-state index contributed by atoms with van der Waals surface area (Å²) in [6, 6.07) is 4.97. The van der Waals surface area contributed by atoms with E-state index < -0.39 is 58.0 Å². The van der Waals surface area contributed by atoms with Gasteiger partial charge in [-0.15, -0.1) is 0 Å². The van der Waals surface area contributed by atoms with E-state index in [-0.39, 0.29) is 11.4 Å². The number of nitro benzene ring substituents is 1. The molecule has 2 saturated heterocycles. The summed E-state index contributed by atoms with van der Waals surface area (Å²) in [5.74, 6) is -4.84. The van der Waals surface area contributed by atoms with E-state index in [4.69, 9.17) is 14.2 Å². The van der Waals surface area contributed by atoms with Gasteiger partial charge in [-0.1, -0.05) is 6.08 Å². The van der Waals surface area contributed by atoms with Crippen molar-refractivity contribution >= 4 is 35.1 Å². The van der Waals surface area contributed by atoms with Crippen LogP contribution < -0.4 is 4.90 Å². The predicted octanol–water partition coefficient (Wildman–Crippen LogP) is 1.25. The third-order valence-corrected chi connectivity index (χ3v) is 5.71. The average Bonchev–Trinajstić information content (AvgIpc) is 3.26. The third kappa shape index (κ3) is 2.92. The highest BCUT2D eigenvalue weighted by Crippen LogP contribution is 2.59. The number of hydrogen-bond donors (Lipinski definition) is 0. The van der Waals surface area contributed by atoms with Crippen LogP contribution in [0, 0.1) is 22.0 Å². The minimum absolute atomic E-state index is 0.157. The maximum atomic E-state index is 13.4. The van der Waals surface area contributed by atoms with E-state index in [1.54, 1.807) is 13.0 Å². The summed E-state index contributed by atoms with van der Waals surface area (Å²) in [5, 5.41) is 10.9. The van der Waals surface area contributed by atoms with Crippen molar-refractivity contribution in [3.8, 4) is 0 Å². The van der Waals surface area contributed by atoms with Crippen molar-refractivity contribution in [2.45, 2.75) is 38.3 Å². The van der Waals surface area contributed by atoms with Crippen LogP contribution in [0.4, 0.5) is 11.4 Å². The molecule has 1 aromatic rings. The second-order valence-electron chi connectivity index (χ2n) is 7.76. The van der Waals surface area contributed by atoms with Crippen LogP contribution in [0.3, 0.4) is 0 Å². The van der Waals surface area contributed by atoms with E-state index in [1.807, 2.05) is 0 Å². The van der Waals surface area contributed by atoms with Gasteiger partial charge in [0.1, 0.15) is 0 Å². The number of carbonyl (C=O) groups is 4. The fraction of sp³-hybridized carbons (Fsp3) is 0.400. The maximum absolute atomic E-state index is 13.4. The summed E-state index contributed by atoms with van der Waals surface area (Å²) in [7, 11) is 0. The molecular weight excluding hydrogens is 412 g/mol. The van der Waals surface area contributed by atoms with Crippen molar-refractivity contribution in [1.82, 2.24) is 0 Å². The number of hydrogen-bond acceptors (Lipinski definition) is 9. The zero-order valence-corrected chi connectivity index (χ0v) is 16.8. The SMILES string of the molecule is CC(=O)OC(OC(C)=O)[C@@]12C=C[C@@](C)(O1)[C@@H]1C(=O)N(c3ccc([N+](=O)[O-])cc3)C(=O)[C@H]12. The fourth-order valence-corrected chi connectivity index (χ4v) is 4.54. The monoisotopic (exact) mass is 430 g/mol. The zero-order chi connectivity index (χ0) is 22.7. The molecular formula is C20H18N2O9. The van der Waals surface area contributed by atoms with Crippen molar-refractivity contribution in [1.29, 1.82) is 0 Å². The number of imide groups is 1. The van der Waals surface area contributed by atoms with Crippen LogP contribution in [0.5, 0.6) is 0 Å². The predicted molar refractivity (Wildman–Crippen MR) is 101 cm³/mol. The second kappa shape index (κ2) is 6.71. The van der Waals surface area contributed by atoms with Crippen LogP contribution in [-0.4, -0.2) is 46.2 Å². The minimum Gasteiger partial charge on any atom is -0.422 e. The van der Waals surface area contributed by atoms with Crippen LogP contribution >= 0.6 is 0 Å². The molecule has 0 unspecified atom stereocenters. The number of ether oxygens (including phenoxy) is 3. The number of benzene rings is 1. The Labute approximate surface area is 175 Å². The van der Waals surface area contributed by atoms with Crippen molar-refractivity contribution in [2.24, 2.45) is 11.8 Å². The molecule has 11 heteroatoms. The molecule has 3 heterocycles. The number of non-ortho nitro benzene ring substituents is 1. The van der Waals surface area contributed by atoms with E-state index in [1.165, 1.54) is 30.3 Å². The summed E-state index contributed by atoms with van der Waals surface area (Å²) in [6.07, 6.45) is 1.48. The molecule has 2 fully saturated rings. The largest absolute Gasteiger partial charge is 0.422 e. The van der Waals surface area contributed by atoms with E-state index >= 15 is 0 Å². The molecule has 3 aliphatic rings. The first-order valence-electron chi connectivity index (χ1n) is 9.37. The number of esters is 2. The summed E-state index contributed by atoms with van der Waals surface area (Å²) >= 11 is 0. The van der Waals surface area contributed by atoms with Gasteiger partial charge in [-0.05, 0) is 25.1 Å². The molecule has 3 aliphatic heterocycles. The molecule has 0 spiro atoms. The lowest BCUT2D eigenvalue weighted by atomic mass is 9.72. The fourth-order valence-electron chi connectivity index (χ4n) is 4.54. The summed E-state index contributed by atoms with van der Waals surface area (Å²) in [6.45, 7) is 3.84. The molecule has 0 aromatic heterocycles. The van der Waals surface area contributed by atoms with E-state index in [2.05, 4.69) is 0 Å². The Morgan fingerprint density at radius 2 is 1.61 bits per heavy atom. The van der Waals surface area contributed by atoms with Gasteiger partial charge in [0.2, 0.25) is 11.8 Å². The first kappa shape index (κ1) is 20.7. The molecule has 31 heavy (non-hydrogen) atoms. The Balaban J connectivity index is 1.76. The Morgan fingerprint density at radius 1 is 1.06 bits per heavy atom. The highest BCUT2D eigenvalue weighted by molar-refractivity contribution is 6.23. The molecule has 162 valence electrons. The first-order valence-corrected chi connectivity index (χ1v) is 9.37. The smallest absolute Gasteiger partial charge is 0.305 e. The van der Waals surface area contributed by atoms with Crippen LogP contribution in [0.1, 0.15) is 20.8 Å². The summed E-state index contributed by atoms with van der Waals surface area (Å²) < 4.78 is 16.4. The topological polar surface area (TPSA) is 142 Å². The van der Waals surface area contributed by atoms with Crippen molar-refractivity contribution in [3.63, 3.8) is 0 Å². The lowest BCUT2D eigenvalue weighted by molar-refractivity contribution is -0.384. The third-order valence-electron chi connectivity index (χ3n) is 5.71. The minimum atomic E-state index is -1.68. The van der Waals surface area contributed by atoms with Gasteiger partial charge in [-0.2, -0.15) is 0 Å². The zero-order valence-electron chi connectivity index (χ0n) is 16.8. The average molecular weight is 430 g/mol. The molecule has 4 rings (SSSR count). The number of rotatable bonds is 5. The van der Waals surface area contributed by atoms with Gasteiger partial charge in [-0.25, -0.2) is 4.90 Å². The summed E-state index contributed by atoms with van der Waals surface area (Å²) in [4.78, 5) is 61.2. The Bertz CT molecular complexity index is 1030. The van der Waals surface area contributed by atoms with Gasteiger partial charge in [0.15, 0.2) is 5.60 Å². The van der Waals surface area contributed by atoms with Crippen molar-refractivity contribution in [2.75, 3.05) is 4.90 Å². The number of nitrogens with zero attached hydrogens (tertiary/aromatic N) is 2. The number of anilines is 1.